The standard InChI is InChI=1S/C36H57ClO5S3Si2/c1-35(2,3)46(8,9)41-25(18-20-31-33(37)27-15-12-13-16-30(27)45-31)17-19-26-29(42-47(10,11)36(4,5)6)23-28(38)34(26)44-22-14-21-43-24-32(39)40-7/h12-13,15-17,19,25-26,29,34H,14,18,20-24H2,1-11H3/t25?,26?,29-,34-/m1/s1. The predicted octanol–water partition coefficient (Wildman–Crippen LogP) is 10.8. The summed E-state index contributed by atoms with van der Waals surface area (Å²) in [6.07, 6.45) is 7.28. The van der Waals surface area contributed by atoms with Crippen molar-refractivity contribution in [3.05, 3.63) is 46.3 Å². The molecule has 0 amide bonds. The number of thiophene rings is 1. The van der Waals surface area contributed by atoms with E-state index in [1.54, 1.807) is 34.9 Å². The van der Waals surface area contributed by atoms with Crippen molar-refractivity contribution < 1.29 is 23.2 Å². The van der Waals surface area contributed by atoms with Gasteiger partial charge in [-0.1, -0.05) is 83.5 Å². The zero-order chi connectivity index (χ0) is 35.2. The highest BCUT2D eigenvalue weighted by atomic mass is 35.5. The second-order valence-electron chi connectivity index (χ2n) is 15.6. The van der Waals surface area contributed by atoms with Crippen molar-refractivity contribution in [1.82, 2.24) is 0 Å². The molecule has 264 valence electrons. The normalized spacial score (nSPS) is 20.4. The van der Waals surface area contributed by atoms with Crippen LogP contribution in [0.5, 0.6) is 0 Å². The molecule has 2 unspecified atom stereocenters. The number of carbonyl (C=O) groups excluding carboxylic acids is 2. The number of halogens is 1. The molecule has 47 heavy (non-hydrogen) atoms. The number of thioether (sulfide) groups is 2. The van der Waals surface area contributed by atoms with Gasteiger partial charge < -0.3 is 13.6 Å². The first-order valence-electron chi connectivity index (χ1n) is 16.8. The van der Waals surface area contributed by atoms with Crippen molar-refractivity contribution in [2.75, 3.05) is 24.4 Å². The zero-order valence-electron chi connectivity index (χ0n) is 30.4. The zero-order valence-corrected chi connectivity index (χ0v) is 35.6. The van der Waals surface area contributed by atoms with E-state index in [1.807, 2.05) is 6.07 Å². The lowest BCUT2D eigenvalue weighted by Gasteiger charge is -2.40. The molecule has 0 saturated heterocycles. The molecule has 1 aromatic heterocycles. The Bertz CT molecular complexity index is 1380. The van der Waals surface area contributed by atoms with E-state index < -0.39 is 16.6 Å². The summed E-state index contributed by atoms with van der Waals surface area (Å²) in [5, 5.41) is 1.92. The Hall–Kier alpha value is -0.596. The summed E-state index contributed by atoms with van der Waals surface area (Å²) in [5.41, 5.74) is 0. The van der Waals surface area contributed by atoms with Crippen LogP contribution in [0.4, 0.5) is 0 Å². The molecular formula is C36H57ClO5S3Si2. The Morgan fingerprint density at radius 3 is 2.34 bits per heavy atom. The minimum Gasteiger partial charge on any atom is -0.468 e. The fourth-order valence-electron chi connectivity index (χ4n) is 5.05. The van der Waals surface area contributed by atoms with Crippen LogP contribution in [0.3, 0.4) is 0 Å². The number of Topliss-reactive ketones (excluding diaryl/α,β-unsaturated/α-hetero) is 1. The second kappa shape index (κ2) is 17.1. The van der Waals surface area contributed by atoms with E-state index >= 15 is 0 Å². The number of aryl methyl sites for hydroxylation is 1. The van der Waals surface area contributed by atoms with E-state index in [-0.39, 0.29) is 45.2 Å². The summed E-state index contributed by atoms with van der Waals surface area (Å²) >= 11 is 12.0. The van der Waals surface area contributed by atoms with E-state index in [9.17, 15) is 9.59 Å². The number of ether oxygens (including phenoxy) is 1. The molecule has 5 nitrogen and oxygen atoms in total. The minimum atomic E-state index is -2.12. The summed E-state index contributed by atoms with van der Waals surface area (Å²) in [6.45, 7) is 22.7. The molecule has 11 heteroatoms. The van der Waals surface area contributed by atoms with Crippen LogP contribution in [0.25, 0.3) is 10.1 Å². The maximum atomic E-state index is 13.6. The number of hydrogen-bond donors (Lipinski definition) is 0. The number of benzene rings is 1. The molecular weight excluding hydrogens is 700 g/mol. The molecule has 1 aliphatic rings. The molecule has 0 radical (unpaired) electrons. The SMILES string of the molecule is COC(=O)CSCCCS[C@H]1C(=O)C[C@@H](O[Si](C)(C)C(C)(C)C)C1C=CC(CCc1sc2ccccc2c1Cl)O[Si](C)(C)C(C)(C)C. The maximum absolute atomic E-state index is 13.6. The second-order valence-corrected chi connectivity index (χ2v) is 29.0. The molecule has 1 heterocycles. The number of esters is 1. The molecule has 0 N–H and O–H groups in total. The molecule has 3 rings (SSSR count). The lowest BCUT2D eigenvalue weighted by atomic mass is 10.0. The Morgan fingerprint density at radius 1 is 1.06 bits per heavy atom. The number of hydrogen-bond acceptors (Lipinski definition) is 8. The molecule has 0 spiro atoms. The van der Waals surface area contributed by atoms with Crippen molar-refractivity contribution in [2.45, 2.75) is 121 Å². The summed E-state index contributed by atoms with van der Waals surface area (Å²) in [4.78, 5) is 26.3. The van der Waals surface area contributed by atoms with Crippen molar-refractivity contribution in [2.24, 2.45) is 5.92 Å². The van der Waals surface area contributed by atoms with E-state index in [0.29, 0.717) is 12.2 Å². The summed E-state index contributed by atoms with van der Waals surface area (Å²) in [6, 6.07) is 8.33. The van der Waals surface area contributed by atoms with Gasteiger partial charge in [0.25, 0.3) is 0 Å². The van der Waals surface area contributed by atoms with Gasteiger partial charge in [-0.25, -0.2) is 0 Å². The predicted molar refractivity (Wildman–Crippen MR) is 212 cm³/mol. The van der Waals surface area contributed by atoms with Crippen molar-refractivity contribution in [3.8, 4) is 0 Å². The highest BCUT2D eigenvalue weighted by Gasteiger charge is 2.47. The fraction of sp³-hybridized carbons (Fsp3) is 0.667. The van der Waals surface area contributed by atoms with E-state index in [0.717, 1.165) is 41.2 Å². The van der Waals surface area contributed by atoms with E-state index in [1.165, 1.54) is 16.7 Å². The van der Waals surface area contributed by atoms with Gasteiger partial charge in [-0.2, -0.15) is 11.8 Å². The first-order valence-corrected chi connectivity index (χ1v) is 26.0. The van der Waals surface area contributed by atoms with Crippen LogP contribution in [-0.2, 0) is 29.6 Å². The highest BCUT2D eigenvalue weighted by Crippen LogP contribution is 2.44. The van der Waals surface area contributed by atoms with Crippen molar-refractivity contribution in [1.29, 1.82) is 0 Å². The van der Waals surface area contributed by atoms with Crippen LogP contribution in [0.1, 0.15) is 65.7 Å². The van der Waals surface area contributed by atoms with Crippen LogP contribution in [-0.4, -0.2) is 70.2 Å². The Balaban J connectivity index is 1.86. The van der Waals surface area contributed by atoms with Gasteiger partial charge in [-0.3, -0.25) is 9.59 Å². The van der Waals surface area contributed by atoms with Crippen LogP contribution >= 0.6 is 46.5 Å². The smallest absolute Gasteiger partial charge is 0.315 e. The van der Waals surface area contributed by atoms with Gasteiger partial charge in [-0.05, 0) is 73.1 Å². The van der Waals surface area contributed by atoms with Crippen LogP contribution in [0.15, 0.2) is 36.4 Å². The molecule has 0 aliphatic heterocycles. The largest absolute Gasteiger partial charge is 0.468 e. The molecule has 1 fully saturated rings. The van der Waals surface area contributed by atoms with E-state index in [4.69, 9.17) is 25.2 Å². The van der Waals surface area contributed by atoms with Crippen LogP contribution < -0.4 is 0 Å². The quantitative estimate of drug-likeness (QED) is 0.0731. The van der Waals surface area contributed by atoms with Gasteiger partial charge in [0.05, 0.1) is 35.3 Å². The molecule has 4 atom stereocenters. The average molecular weight is 758 g/mol. The number of carbonyl (C=O) groups is 2. The van der Waals surface area contributed by atoms with Crippen LogP contribution in [0, 0.1) is 5.92 Å². The van der Waals surface area contributed by atoms with Crippen LogP contribution in [0.2, 0.25) is 41.3 Å². The first kappa shape index (κ1) is 40.8. The number of ketones is 1. The molecule has 1 aromatic carbocycles. The van der Waals surface area contributed by atoms with Gasteiger partial charge in [0.2, 0.25) is 0 Å². The molecule has 0 bridgehead atoms. The monoisotopic (exact) mass is 756 g/mol. The lowest BCUT2D eigenvalue weighted by molar-refractivity contribution is -0.137. The van der Waals surface area contributed by atoms with Crippen molar-refractivity contribution >= 4 is 84.9 Å². The maximum Gasteiger partial charge on any atom is 0.315 e. The Morgan fingerprint density at radius 2 is 1.72 bits per heavy atom. The lowest BCUT2D eigenvalue weighted by Crippen LogP contribution is -2.45. The van der Waals surface area contributed by atoms with Gasteiger partial charge in [0.15, 0.2) is 16.6 Å². The third kappa shape index (κ3) is 11.2. The first-order chi connectivity index (χ1) is 21.8. The third-order valence-corrected chi connectivity index (χ3v) is 23.2. The summed E-state index contributed by atoms with van der Waals surface area (Å²) in [7, 11) is -2.79. The summed E-state index contributed by atoms with van der Waals surface area (Å²) in [5.74, 6) is 2.12. The number of fused-ring (bicyclic) bond motifs is 1. The fourth-order valence-corrected chi connectivity index (χ4v) is 11.5. The topological polar surface area (TPSA) is 61.8 Å². The molecule has 1 saturated carbocycles. The van der Waals surface area contributed by atoms with Gasteiger partial charge in [0, 0.05) is 27.3 Å². The average Bonchev–Trinajstić information content (AvgIpc) is 3.44. The van der Waals surface area contributed by atoms with Crippen molar-refractivity contribution in [3.63, 3.8) is 0 Å². The van der Waals surface area contributed by atoms with Gasteiger partial charge in [-0.15, -0.1) is 23.1 Å². The number of methoxy groups -OCH3 is 1. The highest BCUT2D eigenvalue weighted by molar-refractivity contribution is 8.01. The van der Waals surface area contributed by atoms with Gasteiger partial charge >= 0.3 is 5.97 Å². The Labute approximate surface area is 303 Å². The minimum absolute atomic E-state index is 0.0252. The third-order valence-electron chi connectivity index (χ3n) is 9.99. The summed E-state index contributed by atoms with van der Waals surface area (Å²) < 4.78 is 20.0. The molecule has 1 aliphatic carbocycles. The molecule has 2 aromatic rings. The number of rotatable bonds is 16. The van der Waals surface area contributed by atoms with E-state index in [2.05, 4.69) is 98.1 Å². The Kier molecular flexibility index (Phi) is 14.8. The van der Waals surface area contributed by atoms with Gasteiger partial charge in [0.1, 0.15) is 5.78 Å².